The Balaban J connectivity index is 2.29. The average molecular weight is 376 g/mol. The van der Waals surface area contributed by atoms with Crippen molar-refractivity contribution < 1.29 is 14.0 Å². The highest BCUT2D eigenvalue weighted by Crippen LogP contribution is 2.35. The lowest BCUT2D eigenvalue weighted by molar-refractivity contribution is -0.667. The van der Waals surface area contributed by atoms with Gasteiger partial charge >= 0.3 is 11.6 Å². The second kappa shape index (κ2) is 7.09. The van der Waals surface area contributed by atoms with Gasteiger partial charge in [-0.3, -0.25) is 4.79 Å². The molecule has 1 amide bonds. The first-order valence-electron chi connectivity index (χ1n) is 7.86. The van der Waals surface area contributed by atoms with Gasteiger partial charge in [0.1, 0.15) is 16.7 Å². The molecular formula is C17H15ClFN5O2. The molecule has 9 heteroatoms. The number of amides is 1. The number of fused-ring (bicyclic) bond motifs is 1. The minimum absolute atomic E-state index is 0.000517. The van der Waals surface area contributed by atoms with Gasteiger partial charge in [-0.05, 0) is 35.5 Å². The Bertz CT molecular complexity index is 1010. The fourth-order valence-corrected chi connectivity index (χ4v) is 2.83. The quantitative estimate of drug-likeness (QED) is 0.413. The van der Waals surface area contributed by atoms with Crippen molar-refractivity contribution in [3.05, 3.63) is 52.3 Å². The number of pyridine rings is 1. The molecule has 3 aromatic rings. The summed E-state index contributed by atoms with van der Waals surface area (Å²) in [6.45, 7) is 2.26. The van der Waals surface area contributed by atoms with Crippen molar-refractivity contribution in [2.24, 2.45) is 0 Å². The van der Waals surface area contributed by atoms with Crippen LogP contribution in [0.4, 0.5) is 10.1 Å². The van der Waals surface area contributed by atoms with E-state index >= 15 is 0 Å². The molecule has 0 atom stereocenters. The number of hydrogen-bond acceptors (Lipinski definition) is 5. The summed E-state index contributed by atoms with van der Waals surface area (Å²) in [5, 5.41) is 19.1. The molecule has 0 aliphatic rings. The zero-order valence-electron chi connectivity index (χ0n) is 13.8. The maximum absolute atomic E-state index is 14.5. The second-order valence-electron chi connectivity index (χ2n) is 5.55. The fourth-order valence-electron chi connectivity index (χ4n) is 2.62. The number of nitrogens with two attached hydrogens (primary N) is 1. The first kappa shape index (κ1) is 17.8. The van der Waals surface area contributed by atoms with Crippen LogP contribution < -0.4 is 15.9 Å². The van der Waals surface area contributed by atoms with Gasteiger partial charge in [0.15, 0.2) is 5.52 Å². The summed E-state index contributed by atoms with van der Waals surface area (Å²) in [7, 11) is 0. The normalized spacial score (nSPS) is 10.9. The molecular weight excluding hydrogens is 361 g/mol. The predicted molar refractivity (Wildman–Crippen MR) is 95.9 cm³/mol. The summed E-state index contributed by atoms with van der Waals surface area (Å²) in [5.74, 6) is -1.28. The molecule has 0 saturated heterocycles. The summed E-state index contributed by atoms with van der Waals surface area (Å²) >= 11 is 6.06. The molecule has 0 spiro atoms. The number of carbonyl (C=O) groups is 1. The van der Waals surface area contributed by atoms with Gasteiger partial charge in [0, 0.05) is 28.8 Å². The first-order valence-corrected chi connectivity index (χ1v) is 8.24. The van der Waals surface area contributed by atoms with Gasteiger partial charge in [-0.15, -0.1) is 0 Å². The van der Waals surface area contributed by atoms with Crippen molar-refractivity contribution in [1.29, 1.82) is 0 Å². The van der Waals surface area contributed by atoms with E-state index < -0.39 is 11.7 Å². The maximum Gasteiger partial charge on any atom is 0.332 e. The molecule has 0 aliphatic carbocycles. The van der Waals surface area contributed by atoms with Crippen molar-refractivity contribution >= 4 is 34.1 Å². The zero-order valence-corrected chi connectivity index (χ0v) is 14.5. The van der Waals surface area contributed by atoms with Gasteiger partial charge in [-0.1, -0.05) is 18.5 Å². The van der Waals surface area contributed by atoms with Crippen molar-refractivity contribution in [3.63, 3.8) is 0 Å². The molecule has 2 heterocycles. The number of hydrogen-bond donors (Lipinski definition) is 2. The Hall–Kier alpha value is -3.00. The number of halogens is 2. The van der Waals surface area contributed by atoms with Crippen LogP contribution in [0, 0.1) is 11.0 Å². The number of anilines is 1. The SMILES string of the molecule is CCCNC(=O)c1c(N)c2ccc(F)c(-c3cccnc3Cl)c2n[n+]1[O-]. The molecule has 0 aliphatic heterocycles. The van der Waals surface area contributed by atoms with Gasteiger partial charge in [0.2, 0.25) is 0 Å². The van der Waals surface area contributed by atoms with Crippen molar-refractivity contribution in [2.75, 3.05) is 12.3 Å². The van der Waals surface area contributed by atoms with E-state index in [4.69, 9.17) is 17.3 Å². The Kier molecular flexibility index (Phi) is 4.85. The molecule has 3 rings (SSSR count). The summed E-state index contributed by atoms with van der Waals surface area (Å²) in [4.78, 5) is 16.2. The molecule has 0 bridgehead atoms. The van der Waals surface area contributed by atoms with Crippen molar-refractivity contribution in [1.82, 2.24) is 15.4 Å². The lowest BCUT2D eigenvalue weighted by Crippen LogP contribution is -2.43. The van der Waals surface area contributed by atoms with Crippen LogP contribution in [0.3, 0.4) is 0 Å². The monoisotopic (exact) mass is 375 g/mol. The molecule has 0 saturated carbocycles. The molecule has 0 fully saturated rings. The van der Waals surface area contributed by atoms with Gasteiger partial charge in [-0.2, -0.15) is 0 Å². The highest BCUT2D eigenvalue weighted by molar-refractivity contribution is 6.32. The summed E-state index contributed by atoms with van der Waals surface area (Å²) in [6, 6.07) is 5.70. The first-order chi connectivity index (χ1) is 12.5. The minimum Gasteiger partial charge on any atom is -0.594 e. The molecule has 7 nitrogen and oxygen atoms in total. The largest absolute Gasteiger partial charge is 0.594 e. The summed E-state index contributed by atoms with van der Waals surface area (Å²) in [6.07, 6.45) is 2.15. The number of nitrogens with one attached hydrogen (secondary N) is 1. The van der Waals surface area contributed by atoms with E-state index in [2.05, 4.69) is 15.4 Å². The fraction of sp³-hybridized carbons (Fsp3) is 0.176. The molecule has 2 aromatic heterocycles. The van der Waals surface area contributed by atoms with Gasteiger partial charge in [0.05, 0.1) is 5.56 Å². The molecule has 0 unspecified atom stereocenters. The Morgan fingerprint density at radius 2 is 2.19 bits per heavy atom. The number of nitrogens with zero attached hydrogens (tertiary/aromatic N) is 3. The summed E-state index contributed by atoms with van der Waals surface area (Å²) in [5.41, 5.74) is 5.89. The standard InChI is InChI=1S/C17H15ClFN5O2/c1-2-7-22-17(25)15-13(20)10-5-6-11(19)12(14(10)23-24(15)26)9-4-3-8-21-16(9)18/h3-6,8H,2,7,20H2,1H3,(H,22,25). The highest BCUT2D eigenvalue weighted by atomic mass is 35.5. The van der Waals surface area contributed by atoms with Crippen LogP contribution in [0.1, 0.15) is 23.8 Å². The Labute approximate surface area is 153 Å². The third kappa shape index (κ3) is 2.99. The summed E-state index contributed by atoms with van der Waals surface area (Å²) < 4.78 is 14.5. The van der Waals surface area contributed by atoms with E-state index in [-0.39, 0.29) is 43.4 Å². The van der Waals surface area contributed by atoms with Crippen LogP contribution in [0.25, 0.3) is 22.0 Å². The lowest BCUT2D eigenvalue weighted by atomic mass is 10.0. The third-order valence-corrected chi connectivity index (χ3v) is 4.13. The smallest absolute Gasteiger partial charge is 0.332 e. The minimum atomic E-state index is -0.640. The van der Waals surface area contributed by atoms with E-state index in [0.29, 0.717) is 13.0 Å². The third-order valence-electron chi connectivity index (χ3n) is 3.83. The van der Waals surface area contributed by atoms with Crippen LogP contribution in [-0.4, -0.2) is 22.5 Å². The van der Waals surface area contributed by atoms with E-state index in [1.54, 1.807) is 12.1 Å². The number of carbonyl (C=O) groups excluding carboxylic acids is 1. The van der Waals surface area contributed by atoms with Gasteiger partial charge < -0.3 is 16.3 Å². The number of rotatable bonds is 4. The Morgan fingerprint density at radius 3 is 2.88 bits per heavy atom. The van der Waals surface area contributed by atoms with Crippen LogP contribution in [-0.2, 0) is 0 Å². The van der Waals surface area contributed by atoms with Crippen LogP contribution in [0.5, 0.6) is 0 Å². The van der Waals surface area contributed by atoms with E-state index in [9.17, 15) is 14.4 Å². The van der Waals surface area contributed by atoms with Crippen LogP contribution in [0.15, 0.2) is 30.5 Å². The number of nitrogen functional groups attached to an aromatic ring is 1. The lowest BCUT2D eigenvalue weighted by Gasteiger charge is -2.12. The van der Waals surface area contributed by atoms with Gasteiger partial charge in [0.25, 0.3) is 0 Å². The maximum atomic E-state index is 14.5. The molecule has 26 heavy (non-hydrogen) atoms. The van der Waals surface area contributed by atoms with Crippen LogP contribution in [0.2, 0.25) is 5.15 Å². The predicted octanol–water partition coefficient (Wildman–Crippen LogP) is 2.44. The van der Waals surface area contributed by atoms with E-state index in [1.165, 1.54) is 18.3 Å². The molecule has 134 valence electrons. The Morgan fingerprint density at radius 1 is 1.42 bits per heavy atom. The molecule has 0 radical (unpaired) electrons. The topological polar surface area (TPSA) is 108 Å². The molecule has 1 aromatic carbocycles. The number of aromatic nitrogens is 3. The van der Waals surface area contributed by atoms with E-state index in [0.717, 1.165) is 0 Å². The van der Waals surface area contributed by atoms with E-state index in [1.807, 2.05) is 6.92 Å². The van der Waals surface area contributed by atoms with Crippen LogP contribution >= 0.6 is 11.6 Å². The molecule has 3 N–H and O–H groups in total. The number of benzene rings is 1. The van der Waals surface area contributed by atoms with Gasteiger partial charge in [-0.25, -0.2) is 9.37 Å². The second-order valence-corrected chi connectivity index (χ2v) is 5.91. The zero-order chi connectivity index (χ0) is 18.8. The van der Waals surface area contributed by atoms with Crippen molar-refractivity contribution in [2.45, 2.75) is 13.3 Å². The van der Waals surface area contributed by atoms with Crippen molar-refractivity contribution in [3.8, 4) is 11.1 Å². The highest BCUT2D eigenvalue weighted by Gasteiger charge is 2.27. The average Bonchev–Trinajstić information content (AvgIpc) is 2.61.